The van der Waals surface area contributed by atoms with E-state index in [1.165, 1.54) is 6.07 Å². The molecule has 3 nitrogen and oxygen atoms in total. The molecular formula is C10H3BrCl3NO2. The summed E-state index contributed by atoms with van der Waals surface area (Å²) >= 11 is 20.3. The zero-order valence-electron chi connectivity index (χ0n) is 8.01. The van der Waals surface area contributed by atoms with Gasteiger partial charge in [-0.25, -0.2) is 4.90 Å². The lowest BCUT2D eigenvalue weighted by atomic mass is 10.3. The summed E-state index contributed by atoms with van der Waals surface area (Å²) in [5.41, 5.74) is 0.321. The Hall–Kier alpha value is -0.550. The summed E-state index contributed by atoms with van der Waals surface area (Å²) in [6.45, 7) is 0. The zero-order valence-corrected chi connectivity index (χ0v) is 11.9. The van der Waals surface area contributed by atoms with Gasteiger partial charge in [0.25, 0.3) is 11.8 Å². The summed E-state index contributed by atoms with van der Waals surface area (Å²) < 4.78 is 0.659. The van der Waals surface area contributed by atoms with Crippen LogP contribution in [0.15, 0.2) is 32.7 Å². The highest BCUT2D eigenvalue weighted by atomic mass is 79.9. The van der Waals surface area contributed by atoms with Crippen molar-refractivity contribution < 1.29 is 9.59 Å². The maximum absolute atomic E-state index is 11.7. The minimum atomic E-state index is -0.653. The molecule has 0 bridgehead atoms. The average Bonchev–Trinajstić information content (AvgIpc) is 2.48. The summed E-state index contributed by atoms with van der Waals surface area (Å²) in [5, 5.41) is -0.186. The molecule has 0 aromatic heterocycles. The maximum Gasteiger partial charge on any atom is 0.278 e. The molecule has 0 fully saturated rings. The van der Waals surface area contributed by atoms with E-state index in [2.05, 4.69) is 15.9 Å². The quantitative estimate of drug-likeness (QED) is 0.721. The Morgan fingerprint density at radius 2 is 1.53 bits per heavy atom. The van der Waals surface area contributed by atoms with Crippen LogP contribution in [-0.4, -0.2) is 11.8 Å². The number of anilines is 1. The van der Waals surface area contributed by atoms with Gasteiger partial charge in [0.2, 0.25) is 0 Å². The van der Waals surface area contributed by atoms with Gasteiger partial charge in [0.05, 0.1) is 10.7 Å². The number of hydrogen-bond acceptors (Lipinski definition) is 2. The van der Waals surface area contributed by atoms with Crippen molar-refractivity contribution in [3.8, 4) is 0 Å². The molecule has 17 heavy (non-hydrogen) atoms. The van der Waals surface area contributed by atoms with E-state index >= 15 is 0 Å². The van der Waals surface area contributed by atoms with Crippen LogP contribution >= 0.6 is 50.7 Å². The van der Waals surface area contributed by atoms with E-state index < -0.39 is 11.8 Å². The van der Waals surface area contributed by atoms with Crippen molar-refractivity contribution in [2.45, 2.75) is 0 Å². The molecule has 0 saturated carbocycles. The van der Waals surface area contributed by atoms with E-state index in [0.29, 0.717) is 15.2 Å². The van der Waals surface area contributed by atoms with Gasteiger partial charge >= 0.3 is 0 Å². The minimum Gasteiger partial charge on any atom is -0.267 e. The number of carbonyl (C=O) groups is 2. The van der Waals surface area contributed by atoms with Crippen molar-refractivity contribution in [1.29, 1.82) is 0 Å². The second-order valence-corrected chi connectivity index (χ2v) is 5.19. The van der Waals surface area contributed by atoms with E-state index in [4.69, 9.17) is 34.8 Å². The molecule has 0 radical (unpaired) electrons. The summed E-state index contributed by atoms with van der Waals surface area (Å²) in [6, 6.07) is 4.66. The second-order valence-electron chi connectivity index (χ2n) is 3.17. The Morgan fingerprint density at radius 3 is 2.00 bits per heavy atom. The van der Waals surface area contributed by atoms with Crippen molar-refractivity contribution in [2.75, 3.05) is 4.90 Å². The number of imide groups is 1. The largest absolute Gasteiger partial charge is 0.278 e. The van der Waals surface area contributed by atoms with Gasteiger partial charge in [-0.05, 0) is 34.1 Å². The van der Waals surface area contributed by atoms with Gasteiger partial charge < -0.3 is 0 Å². The van der Waals surface area contributed by atoms with Crippen LogP contribution in [0.2, 0.25) is 5.02 Å². The van der Waals surface area contributed by atoms with E-state index in [1.54, 1.807) is 12.1 Å². The predicted octanol–water partition coefficient (Wildman–Crippen LogP) is 3.66. The first-order chi connectivity index (χ1) is 7.93. The van der Waals surface area contributed by atoms with Gasteiger partial charge in [0.1, 0.15) is 10.1 Å². The third kappa shape index (κ3) is 2.10. The Kier molecular flexibility index (Phi) is 3.50. The predicted molar refractivity (Wildman–Crippen MR) is 70.4 cm³/mol. The molecule has 0 atom stereocenters. The zero-order chi connectivity index (χ0) is 12.7. The van der Waals surface area contributed by atoms with Crippen LogP contribution in [0, 0.1) is 0 Å². The molecule has 0 N–H and O–H groups in total. The van der Waals surface area contributed by atoms with Crippen LogP contribution in [0.4, 0.5) is 5.69 Å². The molecule has 0 aliphatic carbocycles. The highest BCUT2D eigenvalue weighted by Gasteiger charge is 2.37. The number of hydrogen-bond donors (Lipinski definition) is 0. The summed E-state index contributed by atoms with van der Waals surface area (Å²) in [4.78, 5) is 24.3. The van der Waals surface area contributed by atoms with Gasteiger partial charge in [-0.3, -0.25) is 9.59 Å². The number of benzene rings is 1. The number of halogens is 4. The van der Waals surface area contributed by atoms with E-state index in [-0.39, 0.29) is 10.1 Å². The van der Waals surface area contributed by atoms with Crippen LogP contribution in [0.5, 0.6) is 0 Å². The second kappa shape index (κ2) is 4.61. The van der Waals surface area contributed by atoms with Crippen LogP contribution < -0.4 is 4.90 Å². The minimum absolute atomic E-state index is 0.282. The van der Waals surface area contributed by atoms with Crippen molar-refractivity contribution in [3.63, 3.8) is 0 Å². The molecular weight excluding hydrogens is 352 g/mol. The van der Waals surface area contributed by atoms with Gasteiger partial charge in [-0.1, -0.05) is 34.8 Å². The Labute approximate surface area is 120 Å². The maximum atomic E-state index is 11.7. The first-order valence-corrected chi connectivity index (χ1v) is 6.25. The summed E-state index contributed by atoms with van der Waals surface area (Å²) in [7, 11) is 0. The Bertz CT molecular complexity index is 547. The molecule has 1 aliphatic rings. The lowest BCUT2D eigenvalue weighted by Gasteiger charge is -2.14. The fourth-order valence-corrected chi connectivity index (χ4v) is 2.09. The topological polar surface area (TPSA) is 37.4 Å². The standard InChI is InChI=1S/C10H3BrCl3NO2/c11-5-2-1-4(3-6(5)12)15-9(16)7(13)8(14)10(15)17/h1-3H. The van der Waals surface area contributed by atoms with Crippen molar-refractivity contribution in [1.82, 2.24) is 0 Å². The SMILES string of the molecule is O=C1C(Cl)=C(Cl)C(=O)N1c1ccc(Br)c(Cl)c1. The molecule has 0 saturated heterocycles. The first kappa shape index (κ1) is 12.9. The monoisotopic (exact) mass is 353 g/mol. The molecule has 2 amide bonds. The van der Waals surface area contributed by atoms with Gasteiger partial charge in [0.15, 0.2) is 0 Å². The molecule has 1 aromatic carbocycles. The van der Waals surface area contributed by atoms with E-state index in [9.17, 15) is 9.59 Å². The van der Waals surface area contributed by atoms with E-state index in [0.717, 1.165) is 4.90 Å². The van der Waals surface area contributed by atoms with Gasteiger partial charge in [-0.2, -0.15) is 0 Å². The lowest BCUT2D eigenvalue weighted by Crippen LogP contribution is -2.30. The fourth-order valence-electron chi connectivity index (χ4n) is 1.33. The van der Waals surface area contributed by atoms with Crippen LogP contribution in [-0.2, 0) is 9.59 Å². The third-order valence-electron chi connectivity index (χ3n) is 2.14. The summed E-state index contributed by atoms with van der Waals surface area (Å²) in [5.74, 6) is -1.31. The van der Waals surface area contributed by atoms with Crippen LogP contribution in [0.3, 0.4) is 0 Å². The number of rotatable bonds is 1. The third-order valence-corrected chi connectivity index (χ3v) is 4.17. The molecule has 1 aromatic rings. The smallest absolute Gasteiger partial charge is 0.267 e. The summed E-state index contributed by atoms with van der Waals surface area (Å²) in [6.07, 6.45) is 0. The molecule has 1 aliphatic heterocycles. The highest BCUT2D eigenvalue weighted by Crippen LogP contribution is 2.34. The first-order valence-electron chi connectivity index (χ1n) is 4.32. The molecule has 0 unspecified atom stereocenters. The van der Waals surface area contributed by atoms with Crippen molar-refractivity contribution >= 4 is 68.2 Å². The van der Waals surface area contributed by atoms with Gasteiger partial charge in [-0.15, -0.1) is 0 Å². The molecule has 0 spiro atoms. The molecule has 1 heterocycles. The van der Waals surface area contributed by atoms with Crippen molar-refractivity contribution in [2.24, 2.45) is 0 Å². The van der Waals surface area contributed by atoms with Gasteiger partial charge in [0, 0.05) is 4.47 Å². The lowest BCUT2D eigenvalue weighted by molar-refractivity contribution is -0.120. The van der Waals surface area contributed by atoms with Crippen LogP contribution in [0.25, 0.3) is 0 Å². The fraction of sp³-hybridized carbons (Fsp3) is 0. The highest BCUT2D eigenvalue weighted by molar-refractivity contribution is 9.10. The number of carbonyl (C=O) groups excluding carboxylic acids is 2. The van der Waals surface area contributed by atoms with Crippen molar-refractivity contribution in [3.05, 3.63) is 37.8 Å². The molecule has 2 rings (SSSR count). The molecule has 88 valence electrons. The number of amides is 2. The molecule has 7 heteroatoms. The average molecular weight is 355 g/mol. The number of nitrogens with zero attached hydrogens (tertiary/aromatic N) is 1. The van der Waals surface area contributed by atoms with Crippen LogP contribution in [0.1, 0.15) is 0 Å². The van der Waals surface area contributed by atoms with E-state index in [1.807, 2.05) is 0 Å². The Morgan fingerprint density at radius 1 is 1.00 bits per heavy atom. The Balaban J connectivity index is 2.47. The normalized spacial score (nSPS) is 16.1.